The normalized spacial score (nSPS) is 15.1. The van der Waals surface area contributed by atoms with E-state index >= 15 is 0 Å². The van der Waals surface area contributed by atoms with Crippen LogP contribution in [-0.2, 0) is 9.59 Å². The van der Waals surface area contributed by atoms with Gasteiger partial charge in [-0.3, -0.25) is 9.59 Å². The first-order valence-corrected chi connectivity index (χ1v) is 8.47. The maximum absolute atomic E-state index is 12.3. The number of hydrogen-bond acceptors (Lipinski definition) is 3. The number of benzene rings is 2. The number of aryl methyl sites for hydroxylation is 1. The summed E-state index contributed by atoms with van der Waals surface area (Å²) in [7, 11) is 0. The van der Waals surface area contributed by atoms with Gasteiger partial charge in [0.2, 0.25) is 5.91 Å². The van der Waals surface area contributed by atoms with Gasteiger partial charge >= 0.3 is 0 Å². The number of amides is 2. The lowest BCUT2D eigenvalue weighted by molar-refractivity contribution is -0.122. The van der Waals surface area contributed by atoms with Crippen LogP contribution in [0, 0.1) is 6.92 Å². The summed E-state index contributed by atoms with van der Waals surface area (Å²) in [6.45, 7) is 4.41. The molecule has 2 aromatic rings. The summed E-state index contributed by atoms with van der Waals surface area (Å²) in [6.07, 6.45) is 0.810. The Morgan fingerprint density at radius 1 is 1.20 bits per heavy atom. The van der Waals surface area contributed by atoms with Crippen molar-refractivity contribution in [1.29, 1.82) is 0 Å². The number of carbonyl (C=O) groups excluding carboxylic acids is 2. The third-order valence-electron chi connectivity index (χ3n) is 4.17. The predicted octanol–water partition coefficient (Wildman–Crippen LogP) is 3.53. The van der Waals surface area contributed by atoms with Crippen LogP contribution in [0.15, 0.2) is 48.5 Å². The molecule has 1 atom stereocenters. The van der Waals surface area contributed by atoms with Crippen LogP contribution >= 0.6 is 0 Å². The van der Waals surface area contributed by atoms with Crippen molar-refractivity contribution in [3.05, 3.63) is 54.1 Å². The minimum Gasteiger partial charge on any atom is -0.481 e. The Balaban J connectivity index is 1.65. The van der Waals surface area contributed by atoms with Gasteiger partial charge in [0.25, 0.3) is 5.91 Å². The van der Waals surface area contributed by atoms with Gasteiger partial charge in [-0.1, -0.05) is 18.2 Å². The van der Waals surface area contributed by atoms with Gasteiger partial charge in [-0.05, 0) is 50.1 Å². The van der Waals surface area contributed by atoms with Crippen molar-refractivity contribution < 1.29 is 14.3 Å². The van der Waals surface area contributed by atoms with E-state index in [4.69, 9.17) is 4.74 Å². The van der Waals surface area contributed by atoms with E-state index in [1.807, 2.05) is 43.3 Å². The number of hydrogen-bond donors (Lipinski definition) is 1. The number of nitrogens with one attached hydrogen (secondary N) is 1. The Labute approximate surface area is 147 Å². The Kier molecular flexibility index (Phi) is 5.03. The lowest BCUT2D eigenvalue weighted by Crippen LogP contribution is -2.30. The summed E-state index contributed by atoms with van der Waals surface area (Å²) in [5.41, 5.74) is 2.64. The molecule has 0 unspecified atom stereocenters. The molecule has 2 amide bonds. The molecular formula is C20H22N2O3. The Morgan fingerprint density at radius 3 is 2.72 bits per heavy atom. The third-order valence-corrected chi connectivity index (χ3v) is 4.17. The lowest BCUT2D eigenvalue weighted by atomic mass is 10.2. The molecule has 1 aliphatic rings. The molecule has 1 fully saturated rings. The van der Waals surface area contributed by atoms with E-state index in [1.54, 1.807) is 24.0 Å². The lowest BCUT2D eigenvalue weighted by Gasteiger charge is -2.19. The van der Waals surface area contributed by atoms with Crippen LogP contribution in [-0.4, -0.2) is 24.5 Å². The molecule has 0 radical (unpaired) electrons. The molecule has 5 nitrogen and oxygen atoms in total. The molecule has 5 heteroatoms. The maximum atomic E-state index is 12.3. The van der Waals surface area contributed by atoms with Crippen molar-refractivity contribution in [3.8, 4) is 5.75 Å². The topological polar surface area (TPSA) is 58.6 Å². The molecule has 1 aliphatic heterocycles. The van der Waals surface area contributed by atoms with Crippen LogP contribution in [0.25, 0.3) is 0 Å². The average Bonchev–Trinajstić information content (AvgIpc) is 3.01. The van der Waals surface area contributed by atoms with Gasteiger partial charge in [-0.25, -0.2) is 0 Å². The van der Waals surface area contributed by atoms with E-state index < -0.39 is 6.10 Å². The van der Waals surface area contributed by atoms with Crippen LogP contribution < -0.4 is 15.0 Å². The van der Waals surface area contributed by atoms with E-state index in [2.05, 4.69) is 5.32 Å². The van der Waals surface area contributed by atoms with Crippen molar-refractivity contribution in [2.45, 2.75) is 32.8 Å². The zero-order valence-electron chi connectivity index (χ0n) is 14.5. The van der Waals surface area contributed by atoms with Gasteiger partial charge < -0.3 is 15.0 Å². The molecule has 0 saturated carbocycles. The van der Waals surface area contributed by atoms with Gasteiger partial charge in [-0.2, -0.15) is 0 Å². The van der Waals surface area contributed by atoms with Gasteiger partial charge in [0.1, 0.15) is 5.75 Å². The summed E-state index contributed by atoms with van der Waals surface area (Å²) in [6, 6.07) is 14.9. The first-order valence-electron chi connectivity index (χ1n) is 8.47. The molecule has 0 aliphatic carbocycles. The van der Waals surface area contributed by atoms with Crippen molar-refractivity contribution in [2.75, 3.05) is 16.8 Å². The van der Waals surface area contributed by atoms with Gasteiger partial charge in [0.05, 0.1) is 0 Å². The number of anilines is 2. The van der Waals surface area contributed by atoms with Crippen LogP contribution in [0.3, 0.4) is 0 Å². The fourth-order valence-electron chi connectivity index (χ4n) is 2.87. The van der Waals surface area contributed by atoms with Gasteiger partial charge in [-0.15, -0.1) is 0 Å². The molecule has 0 bridgehead atoms. The number of nitrogens with zero attached hydrogens (tertiary/aromatic N) is 1. The highest BCUT2D eigenvalue weighted by Gasteiger charge is 2.22. The molecule has 0 aromatic heterocycles. The maximum Gasteiger partial charge on any atom is 0.265 e. The number of rotatable bonds is 5. The summed E-state index contributed by atoms with van der Waals surface area (Å²) in [5.74, 6) is 0.486. The van der Waals surface area contributed by atoms with E-state index in [9.17, 15) is 9.59 Å². The monoisotopic (exact) mass is 338 g/mol. The SMILES string of the molecule is Cc1cccc(NC(=O)[C@@H](C)Oc2cccc(N3CCCC3=O)c2)c1. The van der Waals surface area contributed by atoms with E-state index in [0.717, 1.165) is 29.9 Å². The van der Waals surface area contributed by atoms with E-state index in [0.29, 0.717) is 12.2 Å². The van der Waals surface area contributed by atoms with E-state index in [1.165, 1.54) is 0 Å². The van der Waals surface area contributed by atoms with Crippen molar-refractivity contribution in [3.63, 3.8) is 0 Å². The summed E-state index contributed by atoms with van der Waals surface area (Å²) >= 11 is 0. The summed E-state index contributed by atoms with van der Waals surface area (Å²) in [4.78, 5) is 25.9. The van der Waals surface area contributed by atoms with Crippen molar-refractivity contribution in [1.82, 2.24) is 0 Å². The second-order valence-corrected chi connectivity index (χ2v) is 6.27. The zero-order valence-corrected chi connectivity index (χ0v) is 14.5. The largest absolute Gasteiger partial charge is 0.481 e. The molecule has 2 aromatic carbocycles. The second kappa shape index (κ2) is 7.38. The Bertz CT molecular complexity index is 788. The second-order valence-electron chi connectivity index (χ2n) is 6.27. The van der Waals surface area contributed by atoms with Gasteiger partial charge in [0.15, 0.2) is 6.10 Å². The molecule has 1 saturated heterocycles. The van der Waals surface area contributed by atoms with Crippen molar-refractivity contribution >= 4 is 23.2 Å². The number of carbonyl (C=O) groups is 2. The van der Waals surface area contributed by atoms with Crippen LogP contribution in [0.5, 0.6) is 5.75 Å². The first-order chi connectivity index (χ1) is 12.0. The minimum atomic E-state index is -0.648. The Morgan fingerprint density at radius 2 is 2.00 bits per heavy atom. The summed E-state index contributed by atoms with van der Waals surface area (Å²) < 4.78 is 5.76. The molecule has 0 spiro atoms. The predicted molar refractivity (Wildman–Crippen MR) is 97.9 cm³/mol. The fraction of sp³-hybridized carbons (Fsp3) is 0.300. The third kappa shape index (κ3) is 4.18. The highest BCUT2D eigenvalue weighted by Crippen LogP contribution is 2.26. The van der Waals surface area contributed by atoms with Crippen LogP contribution in [0.1, 0.15) is 25.3 Å². The van der Waals surface area contributed by atoms with E-state index in [-0.39, 0.29) is 11.8 Å². The number of ether oxygens (including phenoxy) is 1. The fourth-order valence-corrected chi connectivity index (χ4v) is 2.87. The Hall–Kier alpha value is -2.82. The van der Waals surface area contributed by atoms with Crippen LogP contribution in [0.4, 0.5) is 11.4 Å². The molecule has 1 heterocycles. The zero-order chi connectivity index (χ0) is 17.8. The summed E-state index contributed by atoms with van der Waals surface area (Å²) in [5, 5.41) is 2.85. The van der Waals surface area contributed by atoms with Gasteiger partial charge in [0, 0.05) is 30.4 Å². The molecule has 130 valence electrons. The molecule has 1 N–H and O–H groups in total. The van der Waals surface area contributed by atoms with Crippen LogP contribution in [0.2, 0.25) is 0 Å². The first kappa shape index (κ1) is 17.0. The van der Waals surface area contributed by atoms with Crippen molar-refractivity contribution in [2.24, 2.45) is 0 Å². The minimum absolute atomic E-state index is 0.127. The quantitative estimate of drug-likeness (QED) is 0.907. The average molecular weight is 338 g/mol. The molecule has 3 rings (SSSR count). The highest BCUT2D eigenvalue weighted by molar-refractivity contribution is 5.96. The smallest absolute Gasteiger partial charge is 0.265 e. The molecule has 25 heavy (non-hydrogen) atoms. The molecular weight excluding hydrogens is 316 g/mol. The highest BCUT2D eigenvalue weighted by atomic mass is 16.5. The standard InChI is InChI=1S/C20H22N2O3/c1-14-6-3-7-16(12-14)21-20(24)15(2)25-18-9-4-8-17(13-18)22-11-5-10-19(22)23/h3-4,6-9,12-13,15H,5,10-11H2,1-2H3,(H,21,24)/t15-/m1/s1.